The standard InChI is InChI=1S/C14H17NO4/c1-9-7-11(15-16)13-12(18-9)8-17-14(19-13)10-5-3-2-4-6-10/h2-6,9,12-14,16H,7-8H2,1H3/b15-11-/t9-,12+,13+,14+/m1/s1. The van der Waals surface area contributed by atoms with Crippen LogP contribution in [0.1, 0.15) is 25.2 Å². The van der Waals surface area contributed by atoms with Crippen molar-refractivity contribution in [1.29, 1.82) is 0 Å². The van der Waals surface area contributed by atoms with E-state index in [1.54, 1.807) is 0 Å². The number of fused-ring (bicyclic) bond motifs is 1. The van der Waals surface area contributed by atoms with Gasteiger partial charge in [0.05, 0.1) is 18.4 Å². The van der Waals surface area contributed by atoms with Gasteiger partial charge in [0.1, 0.15) is 12.2 Å². The van der Waals surface area contributed by atoms with Crippen LogP contribution < -0.4 is 0 Å². The summed E-state index contributed by atoms with van der Waals surface area (Å²) in [6, 6.07) is 9.73. The van der Waals surface area contributed by atoms with Gasteiger partial charge >= 0.3 is 0 Å². The van der Waals surface area contributed by atoms with Crippen LogP contribution in [-0.2, 0) is 14.2 Å². The highest BCUT2D eigenvalue weighted by Crippen LogP contribution is 2.32. The van der Waals surface area contributed by atoms with Crippen LogP contribution >= 0.6 is 0 Å². The van der Waals surface area contributed by atoms with Crippen molar-refractivity contribution in [3.63, 3.8) is 0 Å². The van der Waals surface area contributed by atoms with E-state index in [-0.39, 0.29) is 18.3 Å². The van der Waals surface area contributed by atoms with Crippen LogP contribution in [-0.4, -0.2) is 35.8 Å². The fourth-order valence-electron chi connectivity index (χ4n) is 2.57. The molecule has 0 aliphatic carbocycles. The number of nitrogens with zero attached hydrogens (tertiary/aromatic N) is 1. The van der Waals surface area contributed by atoms with Gasteiger partial charge < -0.3 is 19.4 Å². The highest BCUT2D eigenvalue weighted by atomic mass is 16.7. The Morgan fingerprint density at radius 1 is 1.21 bits per heavy atom. The molecule has 4 atom stereocenters. The summed E-state index contributed by atoms with van der Waals surface area (Å²) in [4.78, 5) is 0. The smallest absolute Gasteiger partial charge is 0.184 e. The largest absolute Gasteiger partial charge is 0.411 e. The van der Waals surface area contributed by atoms with Crippen molar-refractivity contribution in [1.82, 2.24) is 0 Å². The maximum atomic E-state index is 9.12. The molecule has 2 aliphatic rings. The number of oxime groups is 1. The summed E-state index contributed by atoms with van der Waals surface area (Å²) in [6.07, 6.45) is -0.363. The Balaban J connectivity index is 1.78. The van der Waals surface area contributed by atoms with E-state index in [1.807, 2.05) is 37.3 Å². The molecule has 0 saturated carbocycles. The van der Waals surface area contributed by atoms with E-state index in [0.29, 0.717) is 18.7 Å². The van der Waals surface area contributed by atoms with Gasteiger partial charge in [0.2, 0.25) is 0 Å². The Bertz CT molecular complexity index is 462. The van der Waals surface area contributed by atoms with Crippen LogP contribution in [0.4, 0.5) is 0 Å². The molecular weight excluding hydrogens is 246 g/mol. The van der Waals surface area contributed by atoms with Crippen molar-refractivity contribution in [3.8, 4) is 0 Å². The molecule has 2 heterocycles. The first-order valence-corrected chi connectivity index (χ1v) is 6.46. The van der Waals surface area contributed by atoms with Crippen LogP contribution in [0, 0.1) is 0 Å². The fourth-order valence-corrected chi connectivity index (χ4v) is 2.57. The number of hydrogen-bond donors (Lipinski definition) is 1. The second-order valence-corrected chi connectivity index (χ2v) is 4.91. The summed E-state index contributed by atoms with van der Waals surface area (Å²) in [5, 5.41) is 12.5. The van der Waals surface area contributed by atoms with E-state index in [1.165, 1.54) is 0 Å². The summed E-state index contributed by atoms with van der Waals surface area (Å²) in [5.41, 5.74) is 1.59. The average Bonchev–Trinajstić information content (AvgIpc) is 2.46. The van der Waals surface area contributed by atoms with Crippen molar-refractivity contribution in [2.24, 2.45) is 5.16 Å². The predicted molar refractivity (Wildman–Crippen MR) is 68.2 cm³/mol. The molecule has 19 heavy (non-hydrogen) atoms. The summed E-state index contributed by atoms with van der Waals surface area (Å²) in [6.45, 7) is 2.39. The van der Waals surface area contributed by atoms with Crippen LogP contribution in [0.25, 0.3) is 0 Å². The van der Waals surface area contributed by atoms with Crippen LogP contribution in [0.15, 0.2) is 35.5 Å². The van der Waals surface area contributed by atoms with Crippen molar-refractivity contribution in [3.05, 3.63) is 35.9 Å². The third-order valence-electron chi connectivity index (χ3n) is 3.45. The van der Waals surface area contributed by atoms with E-state index in [9.17, 15) is 0 Å². The van der Waals surface area contributed by atoms with E-state index in [4.69, 9.17) is 19.4 Å². The zero-order valence-corrected chi connectivity index (χ0v) is 10.7. The van der Waals surface area contributed by atoms with Gasteiger partial charge in [0.15, 0.2) is 6.29 Å². The molecule has 2 fully saturated rings. The summed E-state index contributed by atoms with van der Waals surface area (Å²) < 4.78 is 17.3. The first-order chi connectivity index (χ1) is 9.28. The van der Waals surface area contributed by atoms with Gasteiger partial charge in [-0.05, 0) is 6.92 Å². The molecule has 1 N–H and O–H groups in total. The molecule has 1 aromatic rings. The molecule has 0 amide bonds. The van der Waals surface area contributed by atoms with Crippen LogP contribution in [0.5, 0.6) is 0 Å². The van der Waals surface area contributed by atoms with E-state index in [2.05, 4.69) is 5.16 Å². The van der Waals surface area contributed by atoms with Crippen LogP contribution in [0.2, 0.25) is 0 Å². The number of rotatable bonds is 1. The Morgan fingerprint density at radius 2 is 2.00 bits per heavy atom. The molecule has 5 nitrogen and oxygen atoms in total. The number of benzene rings is 1. The zero-order chi connectivity index (χ0) is 13.2. The SMILES string of the molecule is C[C@@H]1C/C(=N/O)[C@@H]2O[C@@H](c3ccccc3)OC[C@@H]2O1. The number of hydrogen-bond acceptors (Lipinski definition) is 5. The second-order valence-electron chi connectivity index (χ2n) is 4.91. The molecule has 0 bridgehead atoms. The third kappa shape index (κ3) is 2.49. The van der Waals surface area contributed by atoms with E-state index < -0.39 is 6.29 Å². The maximum Gasteiger partial charge on any atom is 0.184 e. The Labute approximate surface area is 111 Å². The molecule has 2 saturated heterocycles. The normalized spacial score (nSPS) is 37.0. The number of ether oxygens (including phenoxy) is 3. The second kappa shape index (κ2) is 5.28. The molecule has 0 unspecified atom stereocenters. The van der Waals surface area contributed by atoms with Gasteiger partial charge in [-0.3, -0.25) is 0 Å². The van der Waals surface area contributed by atoms with E-state index in [0.717, 1.165) is 5.56 Å². The van der Waals surface area contributed by atoms with Crippen molar-refractivity contribution in [2.45, 2.75) is 37.9 Å². The van der Waals surface area contributed by atoms with E-state index >= 15 is 0 Å². The first kappa shape index (κ1) is 12.6. The Hall–Kier alpha value is -1.43. The van der Waals surface area contributed by atoms with Crippen LogP contribution in [0.3, 0.4) is 0 Å². The summed E-state index contributed by atoms with van der Waals surface area (Å²) in [7, 11) is 0. The quantitative estimate of drug-likeness (QED) is 0.622. The molecule has 0 aromatic heterocycles. The molecular formula is C14H17NO4. The zero-order valence-electron chi connectivity index (χ0n) is 10.7. The summed E-state index contributed by atoms with van der Waals surface area (Å²) >= 11 is 0. The monoisotopic (exact) mass is 263 g/mol. The van der Waals surface area contributed by atoms with Crippen molar-refractivity contribution >= 4 is 5.71 Å². The topological polar surface area (TPSA) is 60.3 Å². The average molecular weight is 263 g/mol. The molecule has 2 aliphatic heterocycles. The molecule has 3 rings (SSSR count). The summed E-state index contributed by atoms with van der Waals surface area (Å²) in [5.74, 6) is 0. The maximum absolute atomic E-state index is 9.12. The van der Waals surface area contributed by atoms with Gasteiger partial charge in [0.25, 0.3) is 0 Å². The minimum Gasteiger partial charge on any atom is -0.411 e. The lowest BCUT2D eigenvalue weighted by molar-refractivity contribution is -0.261. The molecule has 0 radical (unpaired) electrons. The highest BCUT2D eigenvalue weighted by Gasteiger charge is 2.41. The predicted octanol–water partition coefficient (Wildman–Crippen LogP) is 2.11. The lowest BCUT2D eigenvalue weighted by Crippen LogP contribution is -2.52. The first-order valence-electron chi connectivity index (χ1n) is 6.46. The molecule has 5 heteroatoms. The van der Waals surface area contributed by atoms with Gasteiger partial charge in [-0.1, -0.05) is 35.5 Å². The lowest BCUT2D eigenvalue weighted by atomic mass is 9.98. The molecule has 0 spiro atoms. The van der Waals surface area contributed by atoms with Crippen molar-refractivity contribution < 1.29 is 19.4 Å². The van der Waals surface area contributed by atoms with Gasteiger partial charge in [0, 0.05) is 12.0 Å². The van der Waals surface area contributed by atoms with Gasteiger partial charge in [-0.2, -0.15) is 0 Å². The minimum absolute atomic E-state index is 0.0209. The molecule has 1 aromatic carbocycles. The molecule has 102 valence electrons. The fraction of sp³-hybridized carbons (Fsp3) is 0.500. The third-order valence-corrected chi connectivity index (χ3v) is 3.45. The van der Waals surface area contributed by atoms with Gasteiger partial charge in [-0.25, -0.2) is 0 Å². The van der Waals surface area contributed by atoms with Gasteiger partial charge in [-0.15, -0.1) is 0 Å². The highest BCUT2D eigenvalue weighted by molar-refractivity contribution is 5.90. The lowest BCUT2D eigenvalue weighted by Gasteiger charge is -2.41. The Kier molecular flexibility index (Phi) is 3.50. The Morgan fingerprint density at radius 3 is 2.74 bits per heavy atom. The van der Waals surface area contributed by atoms with Crippen molar-refractivity contribution in [2.75, 3.05) is 6.61 Å². The minimum atomic E-state index is -0.434.